The molecule has 1 aromatic rings. The fourth-order valence-corrected chi connectivity index (χ4v) is 7.14. The van der Waals surface area contributed by atoms with Crippen LogP contribution in [-0.4, -0.2) is 42.3 Å². The van der Waals surface area contributed by atoms with E-state index in [1.54, 1.807) is 0 Å². The molecule has 1 aromatic carbocycles. The lowest BCUT2D eigenvalue weighted by Crippen LogP contribution is -2.38. The zero-order chi connectivity index (χ0) is 17.5. The molecule has 7 heteroatoms. The molecular weight excluding hydrogens is 344 g/mol. The molecule has 0 spiro atoms. The molecule has 2 heterocycles. The van der Waals surface area contributed by atoms with Gasteiger partial charge >= 0.3 is 0 Å². The first-order valence-electron chi connectivity index (χ1n) is 8.16. The van der Waals surface area contributed by atoms with E-state index in [1.807, 2.05) is 43.9 Å². The molecule has 5 nitrogen and oxygen atoms in total. The molecule has 2 unspecified atom stereocenters. The Morgan fingerprint density at radius 1 is 1.33 bits per heavy atom. The van der Waals surface area contributed by atoms with Crippen LogP contribution in [0.1, 0.15) is 30.9 Å². The zero-order valence-electron chi connectivity index (χ0n) is 14.2. The Morgan fingerprint density at radius 2 is 2.08 bits per heavy atom. The molecule has 2 aliphatic heterocycles. The van der Waals surface area contributed by atoms with Crippen molar-refractivity contribution in [2.45, 2.75) is 44.9 Å². The molecular formula is C17H22N2O3S2. The van der Waals surface area contributed by atoms with Gasteiger partial charge in [-0.3, -0.25) is 4.79 Å². The summed E-state index contributed by atoms with van der Waals surface area (Å²) in [5.41, 5.74) is 3.19. The van der Waals surface area contributed by atoms with Gasteiger partial charge in [-0.05, 0) is 37.5 Å². The predicted octanol–water partition coefficient (Wildman–Crippen LogP) is 2.70. The van der Waals surface area contributed by atoms with Gasteiger partial charge in [-0.15, -0.1) is 0 Å². The molecule has 2 atom stereocenters. The number of hydrogen-bond acceptors (Lipinski definition) is 4. The summed E-state index contributed by atoms with van der Waals surface area (Å²) in [4.78, 5) is 18.3. The van der Waals surface area contributed by atoms with Crippen LogP contribution in [0.25, 0.3) is 0 Å². The van der Waals surface area contributed by atoms with Gasteiger partial charge in [0.05, 0.1) is 17.5 Å². The monoisotopic (exact) mass is 366 g/mol. The number of fused-ring (bicyclic) bond motifs is 1. The maximum atomic E-state index is 12.1. The standard InChI is InChI=1S/C17H22N2O3S2/c1-4-6-16(20)18-17-19(13-8-5-7-11(2)12(13)3)14-9-24(21,22)10-15(14)23-17/h5,7-8,14-15H,4,6,9-10H2,1-3H3. The highest BCUT2D eigenvalue weighted by Gasteiger charge is 2.49. The van der Waals surface area contributed by atoms with Crippen molar-refractivity contribution < 1.29 is 13.2 Å². The number of amidine groups is 1. The minimum Gasteiger partial charge on any atom is -0.315 e. The number of hydrogen-bond donors (Lipinski definition) is 0. The first-order valence-corrected chi connectivity index (χ1v) is 10.9. The second kappa shape index (κ2) is 6.52. The van der Waals surface area contributed by atoms with Crippen LogP contribution in [0.4, 0.5) is 5.69 Å². The molecule has 2 aliphatic rings. The molecule has 0 aromatic heterocycles. The summed E-state index contributed by atoms with van der Waals surface area (Å²) in [5, 5.41) is 0.593. The van der Waals surface area contributed by atoms with E-state index >= 15 is 0 Å². The van der Waals surface area contributed by atoms with Crippen LogP contribution in [0.2, 0.25) is 0 Å². The van der Waals surface area contributed by atoms with Crippen LogP contribution in [0, 0.1) is 13.8 Å². The molecule has 24 heavy (non-hydrogen) atoms. The number of amides is 1. The quantitative estimate of drug-likeness (QED) is 0.823. The second-order valence-electron chi connectivity index (χ2n) is 6.43. The number of sulfone groups is 1. The Kier molecular flexibility index (Phi) is 4.75. The van der Waals surface area contributed by atoms with Crippen molar-refractivity contribution in [3.8, 4) is 0 Å². The highest BCUT2D eigenvalue weighted by Crippen LogP contribution is 2.42. The smallest absolute Gasteiger partial charge is 0.248 e. The molecule has 0 N–H and O–H groups in total. The van der Waals surface area contributed by atoms with Gasteiger partial charge in [0.1, 0.15) is 0 Å². The van der Waals surface area contributed by atoms with Crippen LogP contribution in [-0.2, 0) is 14.6 Å². The lowest BCUT2D eigenvalue weighted by atomic mass is 10.1. The van der Waals surface area contributed by atoms with Crippen LogP contribution >= 0.6 is 11.8 Å². The Morgan fingerprint density at radius 3 is 2.79 bits per heavy atom. The van der Waals surface area contributed by atoms with Crippen molar-refractivity contribution in [3.05, 3.63) is 29.3 Å². The molecule has 0 aliphatic carbocycles. The number of aliphatic imine (C=N–C) groups is 1. The first kappa shape index (κ1) is 17.5. The van der Waals surface area contributed by atoms with E-state index < -0.39 is 9.84 Å². The summed E-state index contributed by atoms with van der Waals surface area (Å²) in [6.07, 6.45) is 1.17. The minimum atomic E-state index is -3.03. The van der Waals surface area contributed by atoms with E-state index in [2.05, 4.69) is 4.99 Å². The summed E-state index contributed by atoms with van der Waals surface area (Å²) in [6, 6.07) is 5.83. The van der Waals surface area contributed by atoms with Crippen LogP contribution in [0.3, 0.4) is 0 Å². The van der Waals surface area contributed by atoms with Crippen molar-refractivity contribution in [1.29, 1.82) is 0 Å². The van der Waals surface area contributed by atoms with E-state index in [1.165, 1.54) is 11.8 Å². The van der Waals surface area contributed by atoms with Gasteiger partial charge in [-0.1, -0.05) is 30.8 Å². The fourth-order valence-electron chi connectivity index (χ4n) is 3.22. The summed E-state index contributed by atoms with van der Waals surface area (Å²) >= 11 is 1.43. The third kappa shape index (κ3) is 3.24. The van der Waals surface area contributed by atoms with Gasteiger partial charge in [-0.25, -0.2) is 8.42 Å². The van der Waals surface area contributed by atoms with Crippen LogP contribution in [0.15, 0.2) is 23.2 Å². The van der Waals surface area contributed by atoms with Gasteiger partial charge < -0.3 is 4.90 Å². The summed E-state index contributed by atoms with van der Waals surface area (Å²) in [5.74, 6) is 0.141. The molecule has 0 bridgehead atoms. The summed E-state index contributed by atoms with van der Waals surface area (Å²) < 4.78 is 24.1. The average Bonchev–Trinajstić information content (AvgIpc) is 2.94. The molecule has 0 radical (unpaired) electrons. The average molecular weight is 367 g/mol. The highest BCUT2D eigenvalue weighted by atomic mass is 32.2. The predicted molar refractivity (Wildman–Crippen MR) is 99.6 cm³/mol. The number of aryl methyl sites for hydroxylation is 1. The SMILES string of the molecule is CCCC(=O)N=C1SC2CS(=O)(=O)CC2N1c1cccc(C)c1C. The lowest BCUT2D eigenvalue weighted by Gasteiger charge is -2.26. The molecule has 2 saturated heterocycles. The minimum absolute atomic E-state index is 0.0527. The van der Waals surface area contributed by atoms with Crippen LogP contribution in [0.5, 0.6) is 0 Å². The van der Waals surface area contributed by atoms with Crippen LogP contribution < -0.4 is 4.90 Å². The number of benzene rings is 1. The van der Waals surface area contributed by atoms with Crippen molar-refractivity contribution >= 4 is 38.4 Å². The molecule has 0 saturated carbocycles. The number of rotatable bonds is 3. The highest BCUT2D eigenvalue weighted by molar-refractivity contribution is 8.16. The lowest BCUT2D eigenvalue weighted by molar-refractivity contribution is -0.117. The van der Waals surface area contributed by atoms with E-state index in [-0.39, 0.29) is 28.7 Å². The van der Waals surface area contributed by atoms with Crippen molar-refractivity contribution in [1.82, 2.24) is 0 Å². The van der Waals surface area contributed by atoms with Crippen molar-refractivity contribution in [3.63, 3.8) is 0 Å². The van der Waals surface area contributed by atoms with E-state index in [9.17, 15) is 13.2 Å². The molecule has 3 rings (SSSR count). The Balaban J connectivity index is 2.05. The number of carbonyl (C=O) groups is 1. The number of nitrogens with zero attached hydrogens (tertiary/aromatic N) is 2. The maximum Gasteiger partial charge on any atom is 0.248 e. The first-order chi connectivity index (χ1) is 11.3. The van der Waals surface area contributed by atoms with E-state index in [0.717, 1.165) is 23.2 Å². The third-order valence-corrected chi connectivity index (χ3v) is 7.80. The summed E-state index contributed by atoms with van der Waals surface area (Å²) in [7, 11) is -3.03. The Bertz CT molecular complexity index is 802. The number of thioether (sulfide) groups is 1. The molecule has 130 valence electrons. The Hall–Kier alpha value is -1.34. The van der Waals surface area contributed by atoms with Gasteiger partial charge in [-0.2, -0.15) is 4.99 Å². The zero-order valence-corrected chi connectivity index (χ0v) is 15.8. The van der Waals surface area contributed by atoms with E-state index in [4.69, 9.17) is 0 Å². The third-order valence-electron chi connectivity index (χ3n) is 4.59. The van der Waals surface area contributed by atoms with Gasteiger partial charge in [0.25, 0.3) is 0 Å². The number of anilines is 1. The maximum absolute atomic E-state index is 12.1. The van der Waals surface area contributed by atoms with Crippen molar-refractivity contribution in [2.24, 2.45) is 4.99 Å². The second-order valence-corrected chi connectivity index (χ2v) is 9.79. The molecule has 1 amide bonds. The van der Waals surface area contributed by atoms with Gasteiger partial charge in [0.2, 0.25) is 5.91 Å². The molecule has 2 fully saturated rings. The summed E-state index contributed by atoms with van der Waals surface area (Å²) in [6.45, 7) is 6.01. The number of carbonyl (C=O) groups excluding carboxylic acids is 1. The van der Waals surface area contributed by atoms with Gasteiger partial charge in [0, 0.05) is 17.4 Å². The normalized spacial score (nSPS) is 26.8. The topological polar surface area (TPSA) is 66.8 Å². The van der Waals surface area contributed by atoms with Crippen molar-refractivity contribution in [2.75, 3.05) is 16.4 Å². The van der Waals surface area contributed by atoms with E-state index in [0.29, 0.717) is 11.6 Å². The fraction of sp³-hybridized carbons (Fsp3) is 0.529. The van der Waals surface area contributed by atoms with Gasteiger partial charge in [0.15, 0.2) is 15.0 Å². The largest absolute Gasteiger partial charge is 0.315 e. The Labute approximate surface area is 147 Å².